The van der Waals surface area contributed by atoms with Gasteiger partial charge in [0.2, 0.25) is 0 Å². The molecule has 1 rings (SSSR count). The first-order valence-corrected chi connectivity index (χ1v) is 7.11. The van der Waals surface area contributed by atoms with Gasteiger partial charge >= 0.3 is 12.1 Å². The third-order valence-corrected chi connectivity index (χ3v) is 2.72. The van der Waals surface area contributed by atoms with Crippen molar-refractivity contribution in [2.24, 2.45) is 0 Å². The second-order valence-electron chi connectivity index (χ2n) is 5.77. The molecule has 5 heteroatoms. The quantitative estimate of drug-likeness (QED) is 0.669. The van der Waals surface area contributed by atoms with Crippen molar-refractivity contribution in [2.45, 2.75) is 38.8 Å². The van der Waals surface area contributed by atoms with E-state index in [1.54, 1.807) is 26.8 Å². The normalized spacial score (nSPS) is 12.7. The molecular weight excluding hydrogens is 282 g/mol. The van der Waals surface area contributed by atoms with Crippen molar-refractivity contribution in [3.05, 3.63) is 48.0 Å². The molecule has 0 fully saturated rings. The van der Waals surface area contributed by atoms with Gasteiger partial charge in [0.15, 0.2) is 0 Å². The van der Waals surface area contributed by atoms with Gasteiger partial charge in [-0.1, -0.05) is 36.4 Å². The maximum atomic E-state index is 11.9. The van der Waals surface area contributed by atoms with Crippen LogP contribution in [0.5, 0.6) is 0 Å². The maximum absolute atomic E-state index is 11.9. The molecule has 0 aliphatic carbocycles. The Kier molecular flexibility index (Phi) is 6.63. The zero-order valence-electron chi connectivity index (χ0n) is 13.5. The van der Waals surface area contributed by atoms with E-state index in [-0.39, 0.29) is 6.04 Å². The van der Waals surface area contributed by atoms with Gasteiger partial charge in [0.05, 0.1) is 13.2 Å². The highest BCUT2D eigenvalue weighted by Gasteiger charge is 2.19. The van der Waals surface area contributed by atoms with Crippen molar-refractivity contribution in [2.75, 3.05) is 7.11 Å². The Bertz CT molecular complexity index is 517. The van der Waals surface area contributed by atoms with Crippen LogP contribution in [0, 0.1) is 0 Å². The Morgan fingerprint density at radius 3 is 2.41 bits per heavy atom. The number of methoxy groups -OCH3 is 1. The zero-order chi connectivity index (χ0) is 16.6. The second-order valence-corrected chi connectivity index (χ2v) is 5.77. The number of rotatable bonds is 5. The Morgan fingerprint density at radius 1 is 1.23 bits per heavy atom. The van der Waals surface area contributed by atoms with E-state index in [0.717, 1.165) is 5.56 Å². The molecule has 1 aromatic carbocycles. The van der Waals surface area contributed by atoms with E-state index in [4.69, 9.17) is 4.74 Å². The van der Waals surface area contributed by atoms with Crippen LogP contribution in [0.4, 0.5) is 4.79 Å². The third kappa shape index (κ3) is 6.92. The molecule has 1 aromatic rings. The highest BCUT2D eigenvalue weighted by atomic mass is 16.6. The van der Waals surface area contributed by atoms with Gasteiger partial charge in [-0.15, -0.1) is 0 Å². The van der Waals surface area contributed by atoms with E-state index in [9.17, 15) is 9.59 Å². The number of benzene rings is 1. The summed E-state index contributed by atoms with van der Waals surface area (Å²) in [6.07, 6.45) is 2.97. The smallest absolute Gasteiger partial charge is 0.408 e. The average Bonchev–Trinajstić information content (AvgIpc) is 2.45. The summed E-state index contributed by atoms with van der Waals surface area (Å²) in [6.45, 7) is 5.42. The van der Waals surface area contributed by atoms with Crippen LogP contribution in [-0.2, 0) is 14.3 Å². The SMILES string of the molecule is COC(=O)C=CCC(NC(=O)OC(C)(C)C)c1ccccc1. The summed E-state index contributed by atoms with van der Waals surface area (Å²) in [5, 5.41) is 2.82. The first-order valence-electron chi connectivity index (χ1n) is 7.11. The van der Waals surface area contributed by atoms with Crippen molar-refractivity contribution < 1.29 is 19.1 Å². The fourth-order valence-electron chi connectivity index (χ4n) is 1.78. The minimum absolute atomic E-state index is 0.281. The molecule has 0 aromatic heterocycles. The predicted octanol–water partition coefficient (Wildman–Crippen LogP) is 3.37. The summed E-state index contributed by atoms with van der Waals surface area (Å²) in [6, 6.07) is 9.23. The fourth-order valence-corrected chi connectivity index (χ4v) is 1.78. The Balaban J connectivity index is 2.77. The Labute approximate surface area is 131 Å². The molecule has 1 N–H and O–H groups in total. The number of hydrogen-bond donors (Lipinski definition) is 1. The summed E-state index contributed by atoms with van der Waals surface area (Å²) in [5.41, 5.74) is 0.371. The molecule has 0 aliphatic rings. The van der Waals surface area contributed by atoms with Gasteiger partial charge in [-0.05, 0) is 32.8 Å². The van der Waals surface area contributed by atoms with Crippen molar-refractivity contribution >= 4 is 12.1 Å². The molecule has 22 heavy (non-hydrogen) atoms. The van der Waals surface area contributed by atoms with Crippen molar-refractivity contribution in [3.63, 3.8) is 0 Å². The van der Waals surface area contributed by atoms with E-state index < -0.39 is 17.7 Å². The number of esters is 1. The van der Waals surface area contributed by atoms with E-state index >= 15 is 0 Å². The van der Waals surface area contributed by atoms with Crippen LogP contribution in [-0.4, -0.2) is 24.8 Å². The van der Waals surface area contributed by atoms with Gasteiger partial charge in [0.25, 0.3) is 0 Å². The molecular formula is C17H23NO4. The standard InChI is InChI=1S/C17H23NO4/c1-17(2,3)22-16(20)18-14(11-8-12-15(19)21-4)13-9-6-5-7-10-13/h5-10,12,14H,11H2,1-4H3,(H,18,20). The van der Waals surface area contributed by atoms with Gasteiger partial charge in [-0.25, -0.2) is 9.59 Å². The van der Waals surface area contributed by atoms with Crippen molar-refractivity contribution in [1.82, 2.24) is 5.32 Å². The molecule has 0 saturated heterocycles. The monoisotopic (exact) mass is 305 g/mol. The number of carbonyl (C=O) groups is 2. The first-order chi connectivity index (χ1) is 10.3. The molecule has 0 aliphatic heterocycles. The molecule has 1 atom stereocenters. The lowest BCUT2D eigenvalue weighted by molar-refractivity contribution is -0.134. The molecule has 1 unspecified atom stereocenters. The van der Waals surface area contributed by atoms with E-state index in [2.05, 4.69) is 10.1 Å². The number of hydrogen-bond acceptors (Lipinski definition) is 4. The predicted molar refractivity (Wildman–Crippen MR) is 84.3 cm³/mol. The minimum Gasteiger partial charge on any atom is -0.466 e. The minimum atomic E-state index is -0.562. The van der Waals surface area contributed by atoms with Gasteiger partial charge in [-0.2, -0.15) is 0 Å². The highest BCUT2D eigenvalue weighted by molar-refractivity contribution is 5.81. The van der Waals surface area contributed by atoms with Gasteiger partial charge in [0, 0.05) is 6.08 Å². The average molecular weight is 305 g/mol. The van der Waals surface area contributed by atoms with Crippen molar-refractivity contribution in [3.8, 4) is 0 Å². The fraction of sp³-hybridized carbons (Fsp3) is 0.412. The topological polar surface area (TPSA) is 64.6 Å². The van der Waals surface area contributed by atoms with E-state index in [1.165, 1.54) is 13.2 Å². The molecule has 0 bridgehead atoms. The van der Waals surface area contributed by atoms with E-state index in [0.29, 0.717) is 6.42 Å². The van der Waals surface area contributed by atoms with Crippen molar-refractivity contribution in [1.29, 1.82) is 0 Å². The zero-order valence-corrected chi connectivity index (χ0v) is 13.5. The third-order valence-electron chi connectivity index (χ3n) is 2.72. The highest BCUT2D eigenvalue weighted by Crippen LogP contribution is 2.18. The molecule has 0 spiro atoms. The second kappa shape index (κ2) is 8.22. The first kappa shape index (κ1) is 17.8. The largest absolute Gasteiger partial charge is 0.466 e. The number of carbonyl (C=O) groups excluding carboxylic acids is 2. The van der Waals surface area contributed by atoms with Gasteiger partial charge < -0.3 is 14.8 Å². The van der Waals surface area contributed by atoms with Crippen LogP contribution in [0.25, 0.3) is 0 Å². The van der Waals surface area contributed by atoms with Crippen LogP contribution < -0.4 is 5.32 Å². The Morgan fingerprint density at radius 2 is 1.86 bits per heavy atom. The molecule has 120 valence electrons. The molecule has 1 amide bonds. The van der Waals surface area contributed by atoms with Crippen LogP contribution in [0.15, 0.2) is 42.5 Å². The summed E-state index contributed by atoms with van der Waals surface area (Å²) in [4.78, 5) is 23.1. The molecule has 0 saturated carbocycles. The number of nitrogens with one attached hydrogen (secondary N) is 1. The summed E-state index contributed by atoms with van der Waals surface area (Å²) in [7, 11) is 1.32. The Hall–Kier alpha value is -2.30. The van der Waals surface area contributed by atoms with Gasteiger partial charge in [-0.3, -0.25) is 0 Å². The van der Waals surface area contributed by atoms with Crippen LogP contribution in [0.1, 0.15) is 38.8 Å². The molecule has 5 nitrogen and oxygen atoms in total. The summed E-state index contributed by atoms with van der Waals surface area (Å²) >= 11 is 0. The lowest BCUT2D eigenvalue weighted by Gasteiger charge is -2.23. The van der Waals surface area contributed by atoms with Crippen LogP contribution >= 0.6 is 0 Å². The molecule has 0 radical (unpaired) electrons. The molecule has 0 heterocycles. The maximum Gasteiger partial charge on any atom is 0.408 e. The van der Waals surface area contributed by atoms with Crippen LogP contribution in [0.3, 0.4) is 0 Å². The lowest BCUT2D eigenvalue weighted by atomic mass is 10.0. The van der Waals surface area contributed by atoms with Gasteiger partial charge in [0.1, 0.15) is 5.60 Å². The van der Waals surface area contributed by atoms with E-state index in [1.807, 2.05) is 30.3 Å². The summed E-state index contributed by atoms with van der Waals surface area (Å²) in [5.74, 6) is -0.427. The number of alkyl carbamates (subject to hydrolysis) is 1. The summed E-state index contributed by atoms with van der Waals surface area (Å²) < 4.78 is 9.82. The number of amides is 1. The number of ether oxygens (including phenoxy) is 2. The lowest BCUT2D eigenvalue weighted by Crippen LogP contribution is -2.34. The van der Waals surface area contributed by atoms with Crippen LogP contribution in [0.2, 0.25) is 0 Å².